The van der Waals surface area contributed by atoms with Gasteiger partial charge in [0.1, 0.15) is 23.4 Å². The predicted octanol–water partition coefficient (Wildman–Crippen LogP) is 4.91. The molecular weight excluding hydrogens is 605 g/mol. The summed E-state index contributed by atoms with van der Waals surface area (Å²) >= 11 is 12.7. The van der Waals surface area contributed by atoms with Crippen LogP contribution in [0.2, 0.25) is 10.0 Å². The number of H-pyrrole nitrogens is 1. The van der Waals surface area contributed by atoms with Gasteiger partial charge in [0.05, 0.1) is 22.1 Å². The number of carboxylic acids is 1. The number of halogens is 2. The molecule has 5 heterocycles. The summed E-state index contributed by atoms with van der Waals surface area (Å²) in [5, 5.41) is 18.4. The number of fused-ring (bicyclic) bond motifs is 1. The van der Waals surface area contributed by atoms with Crippen molar-refractivity contribution in [3.8, 4) is 17.0 Å². The number of carboxylic acid groups (broad SMARTS) is 1. The second-order valence-electron chi connectivity index (χ2n) is 11.2. The van der Waals surface area contributed by atoms with Gasteiger partial charge in [0.2, 0.25) is 5.91 Å². The summed E-state index contributed by atoms with van der Waals surface area (Å²) < 4.78 is 6.20. The summed E-state index contributed by atoms with van der Waals surface area (Å²) in [6.45, 7) is 5.89. The van der Waals surface area contributed by atoms with Gasteiger partial charge in [-0.05, 0) is 63.2 Å². The molecule has 2 aliphatic rings. The normalized spacial score (nSPS) is 17.2. The van der Waals surface area contributed by atoms with Crippen molar-refractivity contribution in [2.45, 2.75) is 25.9 Å². The van der Waals surface area contributed by atoms with Gasteiger partial charge >= 0.3 is 5.97 Å². The molecule has 11 nitrogen and oxygen atoms in total. The van der Waals surface area contributed by atoms with Crippen LogP contribution in [-0.2, 0) is 9.59 Å². The molecule has 2 N–H and O–H groups in total. The van der Waals surface area contributed by atoms with E-state index >= 15 is 0 Å². The van der Waals surface area contributed by atoms with Crippen LogP contribution in [0.15, 0.2) is 48.9 Å². The Balaban J connectivity index is 1.08. The maximum Gasteiger partial charge on any atom is 0.317 e. The summed E-state index contributed by atoms with van der Waals surface area (Å²) in [5.41, 5.74) is 3.19. The first-order valence-corrected chi connectivity index (χ1v) is 15.4. The third-order valence-electron chi connectivity index (χ3n) is 8.38. The molecule has 2 saturated heterocycles. The van der Waals surface area contributed by atoms with Gasteiger partial charge in [-0.15, -0.1) is 0 Å². The van der Waals surface area contributed by atoms with E-state index in [4.69, 9.17) is 38.0 Å². The van der Waals surface area contributed by atoms with Gasteiger partial charge in [0.15, 0.2) is 0 Å². The number of rotatable bonds is 8. The minimum atomic E-state index is -0.825. The third-order valence-corrected chi connectivity index (χ3v) is 8.98. The maximum atomic E-state index is 13.1. The van der Waals surface area contributed by atoms with Gasteiger partial charge in [-0.3, -0.25) is 24.6 Å². The number of aromatic amines is 1. The molecule has 4 aromatic rings. The monoisotopic (exact) mass is 637 g/mol. The number of hydrogen-bond donors (Lipinski definition) is 2. The number of nitrogens with one attached hydrogen (secondary N) is 1. The van der Waals surface area contributed by atoms with Crippen molar-refractivity contribution in [1.82, 2.24) is 30.0 Å². The van der Waals surface area contributed by atoms with Crippen LogP contribution in [0, 0.1) is 5.92 Å². The fraction of sp³-hybridized carbons (Fsp3) is 0.387. The summed E-state index contributed by atoms with van der Waals surface area (Å²) in [4.78, 5) is 38.9. The first-order valence-electron chi connectivity index (χ1n) is 14.6. The first kappa shape index (κ1) is 30.1. The number of piperazine rings is 1. The number of likely N-dealkylation sites (tertiary alicyclic amines) is 1. The van der Waals surface area contributed by atoms with Crippen LogP contribution in [0.1, 0.15) is 31.4 Å². The van der Waals surface area contributed by atoms with Crippen molar-refractivity contribution < 1.29 is 19.4 Å². The highest BCUT2D eigenvalue weighted by Gasteiger charge is 2.31. The van der Waals surface area contributed by atoms with Gasteiger partial charge < -0.3 is 19.6 Å². The van der Waals surface area contributed by atoms with Gasteiger partial charge in [0.25, 0.3) is 0 Å². The highest BCUT2D eigenvalue weighted by atomic mass is 35.5. The van der Waals surface area contributed by atoms with Crippen molar-refractivity contribution in [1.29, 1.82) is 0 Å². The van der Waals surface area contributed by atoms with Crippen molar-refractivity contribution in [2.24, 2.45) is 5.92 Å². The molecule has 2 fully saturated rings. The largest absolute Gasteiger partial charge is 0.486 e. The molecule has 2 aliphatic heterocycles. The van der Waals surface area contributed by atoms with E-state index in [1.165, 1.54) is 0 Å². The maximum absolute atomic E-state index is 13.1. The highest BCUT2D eigenvalue weighted by Crippen LogP contribution is 2.35. The number of anilines is 1. The molecule has 0 spiro atoms. The quantitative estimate of drug-likeness (QED) is 0.277. The Labute approximate surface area is 264 Å². The number of piperidine rings is 1. The third kappa shape index (κ3) is 6.45. The number of amides is 1. The molecule has 230 valence electrons. The lowest BCUT2D eigenvalue weighted by Gasteiger charge is -2.38. The SMILES string of the molecule is C[C@@H](Oc1ccc2[nH]nc(-c3ccc(N4CCN(C(=O)C5CCN(CC(=O)O)CC5)CC4)nc3)c2c1)c1c(Cl)cncc1Cl. The molecule has 0 radical (unpaired) electrons. The van der Waals surface area contributed by atoms with Crippen LogP contribution in [0.3, 0.4) is 0 Å². The van der Waals surface area contributed by atoms with Crippen LogP contribution >= 0.6 is 23.2 Å². The van der Waals surface area contributed by atoms with Crippen LogP contribution in [0.5, 0.6) is 5.75 Å². The number of carbonyl (C=O) groups is 2. The molecule has 1 aromatic carbocycles. The fourth-order valence-corrected chi connectivity index (χ4v) is 6.69. The Morgan fingerprint density at radius 2 is 1.75 bits per heavy atom. The van der Waals surface area contributed by atoms with Crippen LogP contribution in [-0.4, -0.2) is 92.8 Å². The van der Waals surface area contributed by atoms with Crippen molar-refractivity contribution in [3.05, 3.63) is 64.5 Å². The molecule has 1 atom stereocenters. The Hall–Kier alpha value is -3.93. The van der Waals surface area contributed by atoms with Crippen LogP contribution in [0.4, 0.5) is 5.82 Å². The molecule has 0 aliphatic carbocycles. The molecule has 44 heavy (non-hydrogen) atoms. The zero-order chi connectivity index (χ0) is 30.8. The number of hydrogen-bond acceptors (Lipinski definition) is 8. The molecule has 0 bridgehead atoms. The predicted molar refractivity (Wildman–Crippen MR) is 168 cm³/mol. The van der Waals surface area contributed by atoms with E-state index in [1.807, 2.05) is 53.3 Å². The second-order valence-corrected chi connectivity index (χ2v) is 12.0. The van der Waals surface area contributed by atoms with Gasteiger partial charge in [-0.1, -0.05) is 23.2 Å². The van der Waals surface area contributed by atoms with E-state index in [1.54, 1.807) is 12.4 Å². The van der Waals surface area contributed by atoms with E-state index in [-0.39, 0.29) is 24.5 Å². The lowest BCUT2D eigenvalue weighted by atomic mass is 9.95. The zero-order valence-electron chi connectivity index (χ0n) is 24.2. The molecule has 0 saturated carbocycles. The van der Waals surface area contributed by atoms with Crippen molar-refractivity contribution in [3.63, 3.8) is 0 Å². The van der Waals surface area contributed by atoms with Crippen LogP contribution < -0.4 is 9.64 Å². The fourth-order valence-electron chi connectivity index (χ4n) is 6.02. The van der Waals surface area contributed by atoms with E-state index in [2.05, 4.69) is 20.1 Å². The Morgan fingerprint density at radius 3 is 2.41 bits per heavy atom. The van der Waals surface area contributed by atoms with Crippen LogP contribution in [0.25, 0.3) is 22.2 Å². The van der Waals surface area contributed by atoms with Gasteiger partial charge in [-0.2, -0.15) is 5.10 Å². The van der Waals surface area contributed by atoms with E-state index in [0.29, 0.717) is 73.5 Å². The van der Waals surface area contributed by atoms with E-state index < -0.39 is 5.97 Å². The number of aromatic nitrogens is 4. The lowest BCUT2D eigenvalue weighted by molar-refractivity contribution is -0.139. The molecule has 3 aromatic heterocycles. The number of ether oxygens (including phenoxy) is 1. The number of benzene rings is 1. The molecule has 6 rings (SSSR count). The smallest absolute Gasteiger partial charge is 0.317 e. The van der Waals surface area contributed by atoms with E-state index in [9.17, 15) is 9.59 Å². The molecule has 13 heteroatoms. The molecule has 1 amide bonds. The Bertz CT molecular complexity index is 1630. The first-order chi connectivity index (χ1) is 21.3. The summed E-state index contributed by atoms with van der Waals surface area (Å²) in [5.74, 6) is 0.825. The summed E-state index contributed by atoms with van der Waals surface area (Å²) in [6, 6.07) is 9.73. The minimum Gasteiger partial charge on any atom is -0.486 e. The molecular formula is C31H33Cl2N7O4. The average molecular weight is 639 g/mol. The Kier molecular flexibility index (Phi) is 8.88. The average Bonchev–Trinajstić information content (AvgIpc) is 3.44. The van der Waals surface area contributed by atoms with Gasteiger partial charge in [0, 0.05) is 67.2 Å². The molecule has 0 unspecified atom stereocenters. The summed E-state index contributed by atoms with van der Waals surface area (Å²) in [6.07, 6.45) is 5.94. The standard InChI is InChI=1S/C31H33Cl2N7O4/c1-19(29-24(32)16-34-17-25(29)33)44-22-3-4-26-23(14-22)30(37-36-26)21-2-5-27(35-15-21)39-10-12-40(13-11-39)31(43)20-6-8-38(9-7-20)18-28(41)42/h2-5,14-17,19-20H,6-13,18H2,1H3,(H,36,37)(H,41,42)/t19-/m1/s1. The van der Waals surface area contributed by atoms with Crippen molar-refractivity contribution >= 4 is 51.8 Å². The minimum absolute atomic E-state index is 0.0342. The Morgan fingerprint density at radius 1 is 1.02 bits per heavy atom. The zero-order valence-corrected chi connectivity index (χ0v) is 25.8. The van der Waals surface area contributed by atoms with Gasteiger partial charge in [-0.25, -0.2) is 4.98 Å². The number of pyridine rings is 2. The van der Waals surface area contributed by atoms with Crippen molar-refractivity contribution in [2.75, 3.05) is 50.7 Å². The summed E-state index contributed by atoms with van der Waals surface area (Å²) in [7, 11) is 0. The second kappa shape index (κ2) is 13.0. The number of carbonyl (C=O) groups excluding carboxylic acids is 1. The number of aliphatic carboxylic acids is 1. The highest BCUT2D eigenvalue weighted by molar-refractivity contribution is 6.35. The number of nitrogens with zero attached hydrogens (tertiary/aromatic N) is 6. The topological polar surface area (TPSA) is 128 Å². The lowest BCUT2D eigenvalue weighted by Crippen LogP contribution is -2.52. The van der Waals surface area contributed by atoms with E-state index in [0.717, 1.165) is 28.0 Å².